The third kappa shape index (κ3) is 4.39. The summed E-state index contributed by atoms with van der Waals surface area (Å²) in [5.41, 5.74) is 1.21. The van der Waals surface area contributed by atoms with Gasteiger partial charge in [0, 0.05) is 10.9 Å². The molecule has 140 valence electrons. The maximum absolute atomic E-state index is 12.9. The maximum atomic E-state index is 12.9. The van der Waals surface area contributed by atoms with Crippen LogP contribution >= 0.6 is 27.5 Å². The van der Waals surface area contributed by atoms with E-state index in [4.69, 9.17) is 16.3 Å². The highest BCUT2D eigenvalue weighted by atomic mass is 79.9. The Bertz CT molecular complexity index is 1080. The summed E-state index contributed by atoms with van der Waals surface area (Å²) in [6.07, 6.45) is 2.22. The normalized spacial score (nSPS) is 11.6. The number of ether oxygens (including phenoxy) is 1. The van der Waals surface area contributed by atoms with Gasteiger partial charge in [-0.05, 0) is 55.8 Å². The number of hydrogen-bond donors (Lipinski definition) is 0. The predicted octanol–water partition coefficient (Wildman–Crippen LogP) is 5.04. The summed E-state index contributed by atoms with van der Waals surface area (Å²) >= 11 is 9.66. The standard InChI is InChI=1S/C20H19BrClN3O2/c1-4-19-24-17-7-6-14(21)10-15(17)20(26)25(19)23-11-13-5-8-18(16(22)9-13)27-12(2)3/h5-12H,4H2,1-3H3. The first-order valence-corrected chi connectivity index (χ1v) is 9.78. The van der Waals surface area contributed by atoms with Crippen LogP contribution in [0.3, 0.4) is 0 Å². The van der Waals surface area contributed by atoms with E-state index in [1.54, 1.807) is 24.4 Å². The fourth-order valence-corrected chi connectivity index (χ4v) is 3.21. The van der Waals surface area contributed by atoms with Crippen molar-refractivity contribution in [1.82, 2.24) is 9.66 Å². The van der Waals surface area contributed by atoms with Gasteiger partial charge < -0.3 is 4.74 Å². The third-order valence-corrected chi connectivity index (χ3v) is 4.62. The minimum atomic E-state index is -0.208. The van der Waals surface area contributed by atoms with Gasteiger partial charge in [0.05, 0.1) is 28.2 Å². The van der Waals surface area contributed by atoms with Gasteiger partial charge in [0.1, 0.15) is 11.6 Å². The van der Waals surface area contributed by atoms with Crippen LogP contribution in [0.4, 0.5) is 0 Å². The first-order chi connectivity index (χ1) is 12.9. The fraction of sp³-hybridized carbons (Fsp3) is 0.250. The topological polar surface area (TPSA) is 56.5 Å². The second kappa shape index (κ2) is 8.23. The summed E-state index contributed by atoms with van der Waals surface area (Å²) in [7, 11) is 0. The lowest BCUT2D eigenvalue weighted by atomic mass is 10.2. The van der Waals surface area contributed by atoms with Gasteiger partial charge in [0.15, 0.2) is 0 Å². The Morgan fingerprint density at radius 2 is 2.07 bits per heavy atom. The maximum Gasteiger partial charge on any atom is 0.282 e. The summed E-state index contributed by atoms with van der Waals surface area (Å²) in [6, 6.07) is 10.8. The Balaban J connectivity index is 2.02. The molecule has 0 spiro atoms. The van der Waals surface area contributed by atoms with Crippen molar-refractivity contribution in [3.05, 3.63) is 67.6 Å². The van der Waals surface area contributed by atoms with Gasteiger partial charge in [-0.3, -0.25) is 4.79 Å². The first-order valence-electron chi connectivity index (χ1n) is 8.60. The molecule has 0 radical (unpaired) electrons. The smallest absolute Gasteiger partial charge is 0.282 e. The van der Waals surface area contributed by atoms with Crippen LogP contribution in [0.2, 0.25) is 5.02 Å². The molecule has 0 aliphatic rings. The highest BCUT2D eigenvalue weighted by Crippen LogP contribution is 2.26. The molecule has 3 rings (SSSR count). The average molecular weight is 449 g/mol. The lowest BCUT2D eigenvalue weighted by molar-refractivity contribution is 0.242. The number of hydrogen-bond acceptors (Lipinski definition) is 4. The van der Waals surface area contributed by atoms with Crippen LogP contribution in [0, 0.1) is 0 Å². The molecule has 27 heavy (non-hydrogen) atoms. The van der Waals surface area contributed by atoms with E-state index in [1.165, 1.54) is 4.68 Å². The monoisotopic (exact) mass is 447 g/mol. The molecule has 0 atom stereocenters. The fourth-order valence-electron chi connectivity index (χ4n) is 2.61. The van der Waals surface area contributed by atoms with Crippen molar-refractivity contribution in [2.45, 2.75) is 33.3 Å². The molecule has 1 aromatic heterocycles. The molecule has 0 fully saturated rings. The Labute approximate surface area is 170 Å². The molecule has 1 heterocycles. The van der Waals surface area contributed by atoms with Crippen molar-refractivity contribution < 1.29 is 4.74 Å². The van der Waals surface area contributed by atoms with Crippen molar-refractivity contribution in [1.29, 1.82) is 0 Å². The van der Waals surface area contributed by atoms with Gasteiger partial charge in [0.2, 0.25) is 0 Å². The number of benzene rings is 2. The first kappa shape index (κ1) is 19.6. The number of rotatable bonds is 5. The number of aromatic nitrogens is 2. The number of aryl methyl sites for hydroxylation is 1. The quantitative estimate of drug-likeness (QED) is 0.514. The molecule has 0 unspecified atom stereocenters. The zero-order chi connectivity index (χ0) is 19.6. The molecule has 0 aliphatic carbocycles. The van der Waals surface area contributed by atoms with E-state index in [2.05, 4.69) is 26.0 Å². The van der Waals surface area contributed by atoms with Crippen LogP contribution in [0.5, 0.6) is 5.75 Å². The van der Waals surface area contributed by atoms with Crippen molar-refractivity contribution in [2.24, 2.45) is 5.10 Å². The Morgan fingerprint density at radius 1 is 1.30 bits per heavy atom. The third-order valence-electron chi connectivity index (χ3n) is 3.83. The molecule has 0 bridgehead atoms. The van der Waals surface area contributed by atoms with Gasteiger partial charge in [-0.25, -0.2) is 4.98 Å². The second-order valence-electron chi connectivity index (χ2n) is 6.26. The molecule has 7 heteroatoms. The molecule has 0 saturated carbocycles. The largest absolute Gasteiger partial charge is 0.489 e. The zero-order valence-electron chi connectivity index (χ0n) is 15.2. The SMILES string of the molecule is CCc1nc2ccc(Br)cc2c(=O)n1N=Cc1ccc(OC(C)C)c(Cl)c1. The average Bonchev–Trinajstić information content (AvgIpc) is 2.63. The van der Waals surface area contributed by atoms with E-state index >= 15 is 0 Å². The van der Waals surface area contributed by atoms with E-state index in [-0.39, 0.29) is 11.7 Å². The number of halogens is 2. The molecule has 0 aliphatic heterocycles. The molecular formula is C20H19BrClN3O2. The second-order valence-corrected chi connectivity index (χ2v) is 7.58. The van der Waals surface area contributed by atoms with Crippen LogP contribution in [0.1, 0.15) is 32.2 Å². The van der Waals surface area contributed by atoms with Gasteiger partial charge in [-0.2, -0.15) is 9.78 Å². The predicted molar refractivity (Wildman–Crippen MR) is 113 cm³/mol. The summed E-state index contributed by atoms with van der Waals surface area (Å²) in [4.78, 5) is 17.4. The highest BCUT2D eigenvalue weighted by molar-refractivity contribution is 9.10. The molecule has 0 N–H and O–H groups in total. The lowest BCUT2D eigenvalue weighted by Gasteiger charge is -2.11. The molecule has 0 saturated heterocycles. The minimum Gasteiger partial charge on any atom is -0.489 e. The van der Waals surface area contributed by atoms with Gasteiger partial charge in [-0.1, -0.05) is 34.5 Å². The summed E-state index contributed by atoms with van der Waals surface area (Å²) in [6.45, 7) is 5.82. The Hall–Kier alpha value is -2.18. The molecule has 5 nitrogen and oxygen atoms in total. The van der Waals surface area contributed by atoms with E-state index in [9.17, 15) is 4.79 Å². The van der Waals surface area contributed by atoms with E-state index in [0.717, 1.165) is 10.0 Å². The van der Waals surface area contributed by atoms with Crippen molar-refractivity contribution in [3.8, 4) is 5.75 Å². The van der Waals surface area contributed by atoms with Crippen LogP contribution in [-0.4, -0.2) is 22.0 Å². The number of fused-ring (bicyclic) bond motifs is 1. The van der Waals surface area contributed by atoms with Crippen LogP contribution < -0.4 is 10.3 Å². The molecule has 3 aromatic rings. The minimum absolute atomic E-state index is 0.0377. The van der Waals surface area contributed by atoms with Gasteiger partial charge >= 0.3 is 0 Å². The lowest BCUT2D eigenvalue weighted by Crippen LogP contribution is -2.22. The van der Waals surface area contributed by atoms with Gasteiger partial charge in [-0.15, -0.1) is 0 Å². The summed E-state index contributed by atoms with van der Waals surface area (Å²) in [5.74, 6) is 1.21. The highest BCUT2D eigenvalue weighted by Gasteiger charge is 2.10. The van der Waals surface area contributed by atoms with Crippen molar-refractivity contribution in [2.75, 3.05) is 0 Å². The molecule has 2 aromatic carbocycles. The Kier molecular flexibility index (Phi) is 5.97. The van der Waals surface area contributed by atoms with E-state index in [1.807, 2.05) is 39.0 Å². The number of nitrogens with zero attached hydrogens (tertiary/aromatic N) is 3. The van der Waals surface area contributed by atoms with Gasteiger partial charge in [0.25, 0.3) is 5.56 Å². The molecular weight excluding hydrogens is 430 g/mol. The zero-order valence-corrected chi connectivity index (χ0v) is 17.6. The van der Waals surface area contributed by atoms with Crippen LogP contribution in [0.25, 0.3) is 10.9 Å². The van der Waals surface area contributed by atoms with Crippen molar-refractivity contribution >= 4 is 44.6 Å². The van der Waals surface area contributed by atoms with Crippen LogP contribution in [0.15, 0.2) is 50.8 Å². The van der Waals surface area contributed by atoms with Crippen LogP contribution in [-0.2, 0) is 6.42 Å². The van der Waals surface area contributed by atoms with E-state index < -0.39 is 0 Å². The molecule has 0 amide bonds. The summed E-state index contributed by atoms with van der Waals surface area (Å²) in [5, 5.41) is 5.37. The van der Waals surface area contributed by atoms with Crippen molar-refractivity contribution in [3.63, 3.8) is 0 Å². The van der Waals surface area contributed by atoms with E-state index in [0.29, 0.717) is 33.9 Å². The summed E-state index contributed by atoms with van der Waals surface area (Å²) < 4.78 is 7.79. The Morgan fingerprint density at radius 3 is 2.74 bits per heavy atom.